The minimum absolute atomic E-state index is 0.0485. The standard InChI is InChI=1S/C13H19N3O4/c1-2-10(17)7-8-14-13(18)9-15-11-5-3-4-6-12(11)16(19)20/h3-6,10,15,17H,2,7-9H2,1H3,(H,14,18). The smallest absolute Gasteiger partial charge is 0.292 e. The van der Waals surface area contributed by atoms with Crippen molar-refractivity contribution in [3.8, 4) is 0 Å². The van der Waals surface area contributed by atoms with Gasteiger partial charge in [0.15, 0.2) is 0 Å². The van der Waals surface area contributed by atoms with Crippen LogP contribution in [0.25, 0.3) is 0 Å². The summed E-state index contributed by atoms with van der Waals surface area (Å²) in [5, 5.41) is 25.5. The molecule has 0 saturated carbocycles. The van der Waals surface area contributed by atoms with Gasteiger partial charge in [-0.2, -0.15) is 0 Å². The van der Waals surface area contributed by atoms with Crippen LogP contribution in [-0.4, -0.2) is 35.1 Å². The number of nitro groups is 1. The van der Waals surface area contributed by atoms with E-state index in [0.29, 0.717) is 25.1 Å². The number of aliphatic hydroxyl groups excluding tert-OH is 1. The molecule has 0 aliphatic rings. The molecule has 0 heterocycles. The molecule has 1 unspecified atom stereocenters. The average Bonchev–Trinajstić information content (AvgIpc) is 2.45. The van der Waals surface area contributed by atoms with Gasteiger partial charge in [0.25, 0.3) is 5.69 Å². The number of aliphatic hydroxyl groups is 1. The number of hydrogen-bond donors (Lipinski definition) is 3. The molecular weight excluding hydrogens is 262 g/mol. The Balaban J connectivity index is 2.40. The van der Waals surface area contributed by atoms with Crippen molar-refractivity contribution in [2.45, 2.75) is 25.9 Å². The first kappa shape index (κ1) is 15.9. The number of benzene rings is 1. The van der Waals surface area contributed by atoms with Crippen molar-refractivity contribution in [2.24, 2.45) is 0 Å². The summed E-state index contributed by atoms with van der Waals surface area (Å²) in [7, 11) is 0. The average molecular weight is 281 g/mol. The molecule has 3 N–H and O–H groups in total. The molecular formula is C13H19N3O4. The minimum Gasteiger partial charge on any atom is -0.393 e. The fourth-order valence-electron chi connectivity index (χ4n) is 1.60. The molecule has 7 nitrogen and oxygen atoms in total. The number of anilines is 1. The second-order valence-electron chi connectivity index (χ2n) is 4.33. The number of nitrogens with zero attached hydrogens (tertiary/aromatic N) is 1. The van der Waals surface area contributed by atoms with E-state index in [0.717, 1.165) is 0 Å². The van der Waals surface area contributed by atoms with E-state index in [1.165, 1.54) is 6.07 Å². The van der Waals surface area contributed by atoms with Gasteiger partial charge in [-0.25, -0.2) is 0 Å². The zero-order chi connectivity index (χ0) is 15.0. The molecule has 0 aliphatic carbocycles. The molecule has 1 aromatic rings. The first-order chi connectivity index (χ1) is 9.54. The van der Waals surface area contributed by atoms with Crippen LogP contribution >= 0.6 is 0 Å². The number of hydrogen-bond acceptors (Lipinski definition) is 5. The number of carbonyl (C=O) groups excluding carboxylic acids is 1. The Kier molecular flexibility index (Phi) is 6.45. The lowest BCUT2D eigenvalue weighted by Gasteiger charge is -2.10. The zero-order valence-electron chi connectivity index (χ0n) is 11.3. The first-order valence-corrected chi connectivity index (χ1v) is 6.46. The largest absolute Gasteiger partial charge is 0.393 e. The van der Waals surface area contributed by atoms with Gasteiger partial charge in [0.1, 0.15) is 5.69 Å². The van der Waals surface area contributed by atoms with Crippen LogP contribution in [0.1, 0.15) is 19.8 Å². The first-order valence-electron chi connectivity index (χ1n) is 6.46. The summed E-state index contributed by atoms with van der Waals surface area (Å²) in [5.74, 6) is -0.272. The van der Waals surface area contributed by atoms with Crippen molar-refractivity contribution in [2.75, 3.05) is 18.4 Å². The van der Waals surface area contributed by atoms with Crippen LogP contribution in [0.5, 0.6) is 0 Å². The van der Waals surface area contributed by atoms with Gasteiger partial charge in [-0.15, -0.1) is 0 Å². The molecule has 0 bridgehead atoms. The molecule has 0 saturated heterocycles. The number of nitrogens with one attached hydrogen (secondary N) is 2. The highest BCUT2D eigenvalue weighted by atomic mass is 16.6. The molecule has 110 valence electrons. The van der Waals surface area contributed by atoms with Crippen molar-refractivity contribution in [3.63, 3.8) is 0 Å². The third kappa shape index (κ3) is 5.23. The highest BCUT2D eigenvalue weighted by Crippen LogP contribution is 2.22. The Morgan fingerprint density at radius 3 is 2.80 bits per heavy atom. The van der Waals surface area contributed by atoms with Crippen molar-refractivity contribution in [1.82, 2.24) is 5.32 Å². The number of rotatable bonds is 8. The third-order valence-electron chi connectivity index (χ3n) is 2.81. The van der Waals surface area contributed by atoms with Gasteiger partial charge in [-0.3, -0.25) is 14.9 Å². The van der Waals surface area contributed by atoms with Gasteiger partial charge in [0, 0.05) is 12.6 Å². The van der Waals surface area contributed by atoms with Gasteiger partial charge >= 0.3 is 0 Å². The molecule has 0 radical (unpaired) electrons. The molecule has 0 fully saturated rings. The van der Waals surface area contributed by atoms with Crippen LogP contribution in [0.15, 0.2) is 24.3 Å². The maximum absolute atomic E-state index is 11.5. The second kappa shape index (κ2) is 8.11. The van der Waals surface area contributed by atoms with Crippen molar-refractivity contribution >= 4 is 17.3 Å². The van der Waals surface area contributed by atoms with Crippen molar-refractivity contribution in [3.05, 3.63) is 34.4 Å². The zero-order valence-corrected chi connectivity index (χ0v) is 11.3. The molecule has 1 aromatic carbocycles. The Hall–Kier alpha value is -2.15. The van der Waals surface area contributed by atoms with Crippen LogP contribution in [0.4, 0.5) is 11.4 Å². The minimum atomic E-state index is -0.502. The monoisotopic (exact) mass is 281 g/mol. The lowest BCUT2D eigenvalue weighted by Crippen LogP contribution is -2.32. The molecule has 1 atom stereocenters. The fourth-order valence-corrected chi connectivity index (χ4v) is 1.60. The van der Waals surface area contributed by atoms with Crippen LogP contribution in [-0.2, 0) is 4.79 Å². The Morgan fingerprint density at radius 2 is 2.15 bits per heavy atom. The number of carbonyl (C=O) groups is 1. The molecule has 0 spiro atoms. The predicted octanol–water partition coefficient (Wildman–Crippen LogP) is 1.28. The predicted molar refractivity (Wildman–Crippen MR) is 75.5 cm³/mol. The number of nitro benzene ring substituents is 1. The molecule has 1 amide bonds. The number of amides is 1. The van der Waals surface area contributed by atoms with Crippen LogP contribution in [0, 0.1) is 10.1 Å². The topological polar surface area (TPSA) is 104 Å². The van der Waals surface area contributed by atoms with E-state index in [1.807, 2.05) is 6.92 Å². The Labute approximate surface area is 117 Å². The number of para-hydroxylation sites is 2. The van der Waals surface area contributed by atoms with Gasteiger partial charge < -0.3 is 15.7 Å². The Bertz CT molecular complexity index is 465. The highest BCUT2D eigenvalue weighted by Gasteiger charge is 2.12. The van der Waals surface area contributed by atoms with E-state index in [-0.39, 0.29) is 18.1 Å². The summed E-state index contributed by atoms with van der Waals surface area (Å²) in [4.78, 5) is 21.8. The molecule has 1 rings (SSSR count). The van der Waals surface area contributed by atoms with E-state index in [4.69, 9.17) is 0 Å². The van der Waals surface area contributed by atoms with Gasteiger partial charge in [-0.05, 0) is 18.9 Å². The van der Waals surface area contributed by atoms with Gasteiger partial charge in [0.05, 0.1) is 17.6 Å². The summed E-state index contributed by atoms with van der Waals surface area (Å²) in [6.07, 6.45) is 0.719. The normalized spacial score (nSPS) is 11.7. The molecule has 0 aliphatic heterocycles. The van der Waals surface area contributed by atoms with Crippen molar-refractivity contribution < 1.29 is 14.8 Å². The summed E-state index contributed by atoms with van der Waals surface area (Å²) < 4.78 is 0. The van der Waals surface area contributed by atoms with E-state index in [9.17, 15) is 20.0 Å². The fraction of sp³-hybridized carbons (Fsp3) is 0.462. The molecule has 7 heteroatoms. The third-order valence-corrected chi connectivity index (χ3v) is 2.81. The van der Waals surface area contributed by atoms with E-state index in [1.54, 1.807) is 18.2 Å². The summed E-state index contributed by atoms with van der Waals surface area (Å²) in [6, 6.07) is 6.14. The maximum atomic E-state index is 11.5. The summed E-state index contributed by atoms with van der Waals surface area (Å²) in [5.41, 5.74) is 0.239. The quantitative estimate of drug-likeness (QED) is 0.492. The van der Waals surface area contributed by atoms with Crippen LogP contribution in [0.3, 0.4) is 0 Å². The molecule has 20 heavy (non-hydrogen) atoms. The van der Waals surface area contributed by atoms with E-state index in [2.05, 4.69) is 10.6 Å². The Morgan fingerprint density at radius 1 is 1.45 bits per heavy atom. The lowest BCUT2D eigenvalue weighted by atomic mass is 10.2. The summed E-state index contributed by atoms with van der Waals surface area (Å²) in [6.45, 7) is 2.20. The summed E-state index contributed by atoms with van der Waals surface area (Å²) >= 11 is 0. The van der Waals surface area contributed by atoms with Gasteiger partial charge in [-0.1, -0.05) is 19.1 Å². The lowest BCUT2D eigenvalue weighted by molar-refractivity contribution is -0.383. The highest BCUT2D eigenvalue weighted by molar-refractivity contribution is 5.81. The van der Waals surface area contributed by atoms with Crippen LogP contribution in [0.2, 0.25) is 0 Å². The van der Waals surface area contributed by atoms with Gasteiger partial charge in [0.2, 0.25) is 5.91 Å². The van der Waals surface area contributed by atoms with Crippen molar-refractivity contribution in [1.29, 1.82) is 0 Å². The second-order valence-corrected chi connectivity index (χ2v) is 4.33. The van der Waals surface area contributed by atoms with Crippen LogP contribution < -0.4 is 10.6 Å². The molecule has 0 aromatic heterocycles. The maximum Gasteiger partial charge on any atom is 0.292 e. The van der Waals surface area contributed by atoms with E-state index < -0.39 is 11.0 Å². The van der Waals surface area contributed by atoms with E-state index >= 15 is 0 Å². The SMILES string of the molecule is CCC(O)CCNC(=O)CNc1ccccc1[N+](=O)[O-].